The minimum Gasteiger partial charge on any atom is -0.462 e. The van der Waals surface area contributed by atoms with E-state index < -0.39 is 6.10 Å². The van der Waals surface area contributed by atoms with E-state index in [4.69, 9.17) is 14.2 Å². The monoisotopic (exact) mass is 1120 g/mol. The molecule has 0 amide bonds. The van der Waals surface area contributed by atoms with Gasteiger partial charge in [0.05, 0.1) is 0 Å². The Labute approximate surface area is 498 Å². The van der Waals surface area contributed by atoms with Crippen molar-refractivity contribution in [1.29, 1.82) is 0 Å². The van der Waals surface area contributed by atoms with Crippen LogP contribution in [0.2, 0.25) is 0 Å². The summed E-state index contributed by atoms with van der Waals surface area (Å²) in [5, 5.41) is 0. The zero-order valence-corrected chi connectivity index (χ0v) is 53.6. The van der Waals surface area contributed by atoms with Crippen LogP contribution in [0.1, 0.15) is 374 Å². The Balaban J connectivity index is 4.20. The molecule has 0 aromatic carbocycles. The average Bonchev–Trinajstić information content (AvgIpc) is 3.46. The summed E-state index contributed by atoms with van der Waals surface area (Å²) in [6.45, 7) is 6.66. The van der Waals surface area contributed by atoms with Crippen LogP contribution in [0.4, 0.5) is 0 Å². The first-order valence-corrected chi connectivity index (χ1v) is 35.3. The van der Waals surface area contributed by atoms with E-state index in [1.807, 2.05) is 0 Å². The van der Waals surface area contributed by atoms with Crippen molar-refractivity contribution in [2.45, 2.75) is 380 Å². The van der Waals surface area contributed by atoms with E-state index in [9.17, 15) is 14.4 Å². The van der Waals surface area contributed by atoms with Crippen molar-refractivity contribution in [3.8, 4) is 0 Å². The van der Waals surface area contributed by atoms with Gasteiger partial charge >= 0.3 is 17.9 Å². The van der Waals surface area contributed by atoms with Crippen LogP contribution in [0.15, 0.2) is 60.8 Å². The molecule has 0 spiro atoms. The maximum Gasteiger partial charge on any atom is 0.306 e. The van der Waals surface area contributed by atoms with Crippen molar-refractivity contribution in [3.05, 3.63) is 60.8 Å². The fourth-order valence-corrected chi connectivity index (χ4v) is 10.4. The van der Waals surface area contributed by atoms with Crippen LogP contribution in [0.3, 0.4) is 0 Å². The lowest BCUT2D eigenvalue weighted by Gasteiger charge is -2.18. The molecule has 1 unspecified atom stereocenters. The number of hydrogen-bond donors (Lipinski definition) is 0. The van der Waals surface area contributed by atoms with E-state index in [0.29, 0.717) is 19.3 Å². The summed E-state index contributed by atoms with van der Waals surface area (Å²) in [6.07, 6.45) is 88.2. The fourth-order valence-electron chi connectivity index (χ4n) is 10.4. The molecule has 466 valence electrons. The summed E-state index contributed by atoms with van der Waals surface area (Å²) in [7, 11) is 0. The largest absolute Gasteiger partial charge is 0.462 e. The molecule has 1 atom stereocenters. The van der Waals surface area contributed by atoms with E-state index in [1.54, 1.807) is 0 Å². The number of allylic oxidation sites excluding steroid dienone is 10. The van der Waals surface area contributed by atoms with Crippen molar-refractivity contribution >= 4 is 17.9 Å². The standard InChI is InChI=1S/C74H134O6/c1-4-7-10-13-16-19-22-25-28-30-31-32-33-34-35-36-37-38-39-40-41-42-43-44-47-49-52-55-58-61-64-67-73(76)79-70-71(69-78-72(75)66-63-60-57-54-51-48-45-27-24-21-18-15-12-9-6-3)80-74(77)68-65-62-59-56-53-50-46-29-26-23-20-17-14-11-8-5-2/h20,22-23,25,29-31,33-34,46,71H,4-19,21,24,26-28,32,35-45,47-70H2,1-3H3/b23-20-,25-22-,31-30-,34-33-,46-29-. The van der Waals surface area contributed by atoms with Gasteiger partial charge in [0.25, 0.3) is 0 Å². The molecule has 0 aliphatic carbocycles. The number of carbonyl (C=O) groups excluding carboxylic acids is 3. The van der Waals surface area contributed by atoms with Gasteiger partial charge in [-0.3, -0.25) is 14.4 Å². The predicted octanol–water partition coefficient (Wildman–Crippen LogP) is 24.3. The number of unbranched alkanes of at least 4 members (excludes halogenated alkanes) is 44. The first-order valence-electron chi connectivity index (χ1n) is 35.3. The highest BCUT2D eigenvalue weighted by Crippen LogP contribution is 2.18. The number of rotatable bonds is 65. The van der Waals surface area contributed by atoms with Crippen LogP contribution in [0, 0.1) is 0 Å². The molecule has 0 aromatic rings. The SMILES string of the molecule is CCCCCC/C=C\C/C=C\CCCCCCCC(=O)OC(COC(=O)CCCCCCCCCCCCCCCCC)COC(=O)CCCCCCCCCCCCCCCCCC/C=C\C/C=C\C/C=C\CCCCCCC. The van der Waals surface area contributed by atoms with Gasteiger partial charge in [-0.1, -0.05) is 326 Å². The molecule has 0 saturated heterocycles. The zero-order chi connectivity index (χ0) is 57.8. The summed E-state index contributed by atoms with van der Waals surface area (Å²) in [6, 6.07) is 0. The van der Waals surface area contributed by atoms with Gasteiger partial charge in [-0.25, -0.2) is 0 Å². The lowest BCUT2D eigenvalue weighted by molar-refractivity contribution is -0.167. The van der Waals surface area contributed by atoms with Gasteiger partial charge < -0.3 is 14.2 Å². The Hall–Kier alpha value is -2.89. The molecule has 0 bridgehead atoms. The highest BCUT2D eigenvalue weighted by molar-refractivity contribution is 5.71. The van der Waals surface area contributed by atoms with Gasteiger partial charge in [0.1, 0.15) is 13.2 Å². The van der Waals surface area contributed by atoms with Crippen LogP contribution in [0.25, 0.3) is 0 Å². The molecule has 0 aromatic heterocycles. The Morgan fingerprint density at radius 2 is 0.450 bits per heavy atom. The quantitative estimate of drug-likeness (QED) is 0.0261. The lowest BCUT2D eigenvalue weighted by Crippen LogP contribution is -2.30. The normalized spacial score (nSPS) is 12.4. The lowest BCUT2D eigenvalue weighted by atomic mass is 10.0. The molecule has 0 radical (unpaired) electrons. The molecule has 0 aliphatic rings. The highest BCUT2D eigenvalue weighted by Gasteiger charge is 2.19. The average molecular weight is 1120 g/mol. The smallest absolute Gasteiger partial charge is 0.306 e. The number of esters is 3. The van der Waals surface area contributed by atoms with Crippen molar-refractivity contribution in [2.75, 3.05) is 13.2 Å². The third kappa shape index (κ3) is 65.9. The van der Waals surface area contributed by atoms with Crippen LogP contribution < -0.4 is 0 Å². The van der Waals surface area contributed by atoms with E-state index in [2.05, 4.69) is 81.5 Å². The Kier molecular flexibility index (Phi) is 66.1. The Bertz CT molecular complexity index is 1430. The van der Waals surface area contributed by atoms with Crippen LogP contribution in [-0.4, -0.2) is 37.2 Å². The summed E-state index contributed by atoms with van der Waals surface area (Å²) in [5.41, 5.74) is 0. The Morgan fingerprint density at radius 3 is 0.713 bits per heavy atom. The van der Waals surface area contributed by atoms with Gasteiger partial charge in [0.15, 0.2) is 6.10 Å². The first kappa shape index (κ1) is 77.1. The number of hydrogen-bond acceptors (Lipinski definition) is 6. The summed E-state index contributed by atoms with van der Waals surface area (Å²) in [4.78, 5) is 38.4. The summed E-state index contributed by atoms with van der Waals surface area (Å²) < 4.78 is 17.0. The fraction of sp³-hybridized carbons (Fsp3) is 0.824. The van der Waals surface area contributed by atoms with Crippen molar-refractivity contribution in [3.63, 3.8) is 0 Å². The number of carbonyl (C=O) groups is 3. The second-order valence-corrected chi connectivity index (χ2v) is 23.8. The molecule has 0 heterocycles. The molecule has 0 saturated carbocycles. The van der Waals surface area contributed by atoms with Crippen LogP contribution in [-0.2, 0) is 28.6 Å². The van der Waals surface area contributed by atoms with E-state index in [-0.39, 0.29) is 31.1 Å². The second-order valence-electron chi connectivity index (χ2n) is 23.8. The first-order chi connectivity index (χ1) is 39.5. The molecular formula is C74H134O6. The van der Waals surface area contributed by atoms with E-state index >= 15 is 0 Å². The third-order valence-electron chi connectivity index (χ3n) is 15.7. The van der Waals surface area contributed by atoms with E-state index in [1.165, 1.54) is 238 Å². The van der Waals surface area contributed by atoms with Gasteiger partial charge in [0.2, 0.25) is 0 Å². The molecule has 80 heavy (non-hydrogen) atoms. The van der Waals surface area contributed by atoms with Crippen molar-refractivity contribution in [1.82, 2.24) is 0 Å². The third-order valence-corrected chi connectivity index (χ3v) is 15.7. The maximum atomic E-state index is 12.9. The molecule has 0 aliphatic heterocycles. The van der Waals surface area contributed by atoms with Gasteiger partial charge in [-0.15, -0.1) is 0 Å². The second kappa shape index (κ2) is 68.6. The minimum atomic E-state index is -0.780. The van der Waals surface area contributed by atoms with Crippen LogP contribution in [0.5, 0.6) is 0 Å². The maximum absolute atomic E-state index is 12.9. The minimum absolute atomic E-state index is 0.0750. The van der Waals surface area contributed by atoms with Crippen molar-refractivity contribution in [2.24, 2.45) is 0 Å². The molecule has 0 rings (SSSR count). The highest BCUT2D eigenvalue weighted by atomic mass is 16.6. The van der Waals surface area contributed by atoms with Crippen LogP contribution >= 0.6 is 0 Å². The molecule has 6 heteroatoms. The van der Waals surface area contributed by atoms with Crippen molar-refractivity contribution < 1.29 is 28.6 Å². The molecular weight excluding hydrogens is 985 g/mol. The van der Waals surface area contributed by atoms with Gasteiger partial charge in [-0.2, -0.15) is 0 Å². The summed E-state index contributed by atoms with van der Waals surface area (Å²) >= 11 is 0. The van der Waals surface area contributed by atoms with E-state index in [0.717, 1.165) is 96.3 Å². The molecule has 0 N–H and O–H groups in total. The zero-order valence-electron chi connectivity index (χ0n) is 53.6. The number of ether oxygens (including phenoxy) is 3. The predicted molar refractivity (Wildman–Crippen MR) is 348 cm³/mol. The summed E-state index contributed by atoms with van der Waals surface area (Å²) in [5.74, 6) is -0.865. The van der Waals surface area contributed by atoms with Gasteiger partial charge in [0, 0.05) is 19.3 Å². The molecule has 0 fully saturated rings. The molecule has 6 nitrogen and oxygen atoms in total. The topological polar surface area (TPSA) is 78.9 Å². The van der Waals surface area contributed by atoms with Gasteiger partial charge in [-0.05, 0) is 89.9 Å². The Morgan fingerprint density at radius 1 is 0.250 bits per heavy atom.